The van der Waals surface area contributed by atoms with E-state index < -0.39 is 0 Å². The van der Waals surface area contributed by atoms with Crippen LogP contribution in [0.2, 0.25) is 0 Å². The third-order valence-corrected chi connectivity index (χ3v) is 3.52. The number of morpholine rings is 1. The van der Waals surface area contributed by atoms with Crippen LogP contribution < -0.4 is 5.32 Å². The van der Waals surface area contributed by atoms with Crippen LogP contribution >= 0.6 is 0 Å². The number of nitrogens with one attached hydrogen (secondary N) is 1. The Morgan fingerprint density at radius 1 is 1.35 bits per heavy atom. The SMILES string of the molecule is CCC1CN(C(=O)CN2CCNCC2)CCO1. The fourth-order valence-corrected chi connectivity index (χ4v) is 2.35. The highest BCUT2D eigenvalue weighted by Crippen LogP contribution is 2.09. The van der Waals surface area contributed by atoms with Gasteiger partial charge in [-0.25, -0.2) is 0 Å². The second-order valence-electron chi connectivity index (χ2n) is 4.77. The average Bonchev–Trinajstić information content (AvgIpc) is 2.40. The lowest BCUT2D eigenvalue weighted by Gasteiger charge is -2.35. The lowest BCUT2D eigenvalue weighted by molar-refractivity contribution is -0.140. The Labute approximate surface area is 103 Å². The Kier molecular flexibility index (Phi) is 4.76. The summed E-state index contributed by atoms with van der Waals surface area (Å²) in [6, 6.07) is 0. The van der Waals surface area contributed by atoms with Gasteiger partial charge >= 0.3 is 0 Å². The van der Waals surface area contributed by atoms with Gasteiger partial charge in [0.2, 0.25) is 5.91 Å². The van der Waals surface area contributed by atoms with Crippen LogP contribution in [0.5, 0.6) is 0 Å². The van der Waals surface area contributed by atoms with Crippen molar-refractivity contribution in [2.24, 2.45) is 0 Å². The lowest BCUT2D eigenvalue weighted by atomic mass is 10.2. The second-order valence-corrected chi connectivity index (χ2v) is 4.77. The van der Waals surface area contributed by atoms with E-state index in [9.17, 15) is 4.79 Å². The van der Waals surface area contributed by atoms with Crippen LogP contribution in [-0.4, -0.2) is 74.2 Å². The fourth-order valence-electron chi connectivity index (χ4n) is 2.35. The molecule has 5 heteroatoms. The van der Waals surface area contributed by atoms with Crippen molar-refractivity contribution in [1.82, 2.24) is 15.1 Å². The number of ether oxygens (including phenoxy) is 1. The minimum Gasteiger partial charge on any atom is -0.375 e. The van der Waals surface area contributed by atoms with Gasteiger partial charge in [0.15, 0.2) is 0 Å². The van der Waals surface area contributed by atoms with Crippen molar-refractivity contribution in [3.8, 4) is 0 Å². The number of carbonyl (C=O) groups is 1. The van der Waals surface area contributed by atoms with E-state index in [2.05, 4.69) is 17.1 Å². The average molecular weight is 241 g/mol. The van der Waals surface area contributed by atoms with Crippen LogP contribution in [0.4, 0.5) is 0 Å². The fraction of sp³-hybridized carbons (Fsp3) is 0.917. The van der Waals surface area contributed by atoms with Crippen molar-refractivity contribution in [2.75, 3.05) is 52.4 Å². The standard InChI is InChI=1S/C12H23N3O2/c1-2-11-9-15(7-8-17-11)12(16)10-14-5-3-13-4-6-14/h11,13H,2-10H2,1H3. The molecule has 17 heavy (non-hydrogen) atoms. The van der Waals surface area contributed by atoms with Crippen LogP contribution in [0, 0.1) is 0 Å². The summed E-state index contributed by atoms with van der Waals surface area (Å²) in [5, 5.41) is 3.30. The van der Waals surface area contributed by atoms with Crippen LogP contribution in [0.25, 0.3) is 0 Å². The molecule has 0 aromatic carbocycles. The summed E-state index contributed by atoms with van der Waals surface area (Å²) in [6.07, 6.45) is 1.22. The highest BCUT2D eigenvalue weighted by Gasteiger charge is 2.24. The first-order valence-corrected chi connectivity index (χ1v) is 6.62. The van der Waals surface area contributed by atoms with Crippen LogP contribution in [0.1, 0.15) is 13.3 Å². The van der Waals surface area contributed by atoms with Gasteiger partial charge in [-0.05, 0) is 6.42 Å². The molecule has 1 amide bonds. The topological polar surface area (TPSA) is 44.8 Å². The number of piperazine rings is 1. The summed E-state index contributed by atoms with van der Waals surface area (Å²) in [6.45, 7) is 8.82. The van der Waals surface area contributed by atoms with E-state index >= 15 is 0 Å². The van der Waals surface area contributed by atoms with Crippen molar-refractivity contribution in [2.45, 2.75) is 19.4 Å². The predicted octanol–water partition coefficient (Wildman–Crippen LogP) is -0.471. The van der Waals surface area contributed by atoms with Crippen molar-refractivity contribution < 1.29 is 9.53 Å². The normalized spacial score (nSPS) is 27.1. The molecular formula is C12H23N3O2. The summed E-state index contributed by atoms with van der Waals surface area (Å²) < 4.78 is 5.58. The molecule has 1 unspecified atom stereocenters. The summed E-state index contributed by atoms with van der Waals surface area (Å²) in [4.78, 5) is 16.3. The summed E-state index contributed by atoms with van der Waals surface area (Å²) >= 11 is 0. The largest absolute Gasteiger partial charge is 0.375 e. The highest BCUT2D eigenvalue weighted by molar-refractivity contribution is 5.78. The van der Waals surface area contributed by atoms with E-state index in [1.54, 1.807) is 0 Å². The molecule has 1 N–H and O–H groups in total. The zero-order valence-corrected chi connectivity index (χ0v) is 10.7. The number of amides is 1. The molecule has 2 aliphatic heterocycles. The molecule has 0 bridgehead atoms. The van der Waals surface area contributed by atoms with Gasteiger partial charge in [-0.2, -0.15) is 0 Å². The van der Waals surface area contributed by atoms with Gasteiger partial charge < -0.3 is 15.0 Å². The van der Waals surface area contributed by atoms with Crippen molar-refractivity contribution in [3.05, 3.63) is 0 Å². The van der Waals surface area contributed by atoms with Crippen LogP contribution in [0.3, 0.4) is 0 Å². The van der Waals surface area contributed by atoms with Crippen molar-refractivity contribution >= 4 is 5.91 Å². The minimum atomic E-state index is 0.232. The zero-order valence-electron chi connectivity index (χ0n) is 10.7. The summed E-state index contributed by atoms with van der Waals surface area (Å²) in [5.41, 5.74) is 0. The van der Waals surface area contributed by atoms with Gasteiger partial charge in [0.1, 0.15) is 0 Å². The maximum Gasteiger partial charge on any atom is 0.236 e. The number of hydrogen-bond acceptors (Lipinski definition) is 4. The summed E-state index contributed by atoms with van der Waals surface area (Å²) in [7, 11) is 0. The first kappa shape index (κ1) is 12.8. The van der Waals surface area contributed by atoms with Crippen molar-refractivity contribution in [3.63, 3.8) is 0 Å². The molecule has 2 fully saturated rings. The highest BCUT2D eigenvalue weighted by atomic mass is 16.5. The molecule has 0 aromatic heterocycles. The Morgan fingerprint density at radius 3 is 2.82 bits per heavy atom. The maximum atomic E-state index is 12.1. The third kappa shape index (κ3) is 3.66. The molecule has 2 saturated heterocycles. The monoisotopic (exact) mass is 241 g/mol. The second kappa shape index (κ2) is 6.33. The third-order valence-electron chi connectivity index (χ3n) is 3.52. The number of nitrogens with zero attached hydrogens (tertiary/aromatic N) is 2. The van der Waals surface area contributed by atoms with Crippen LogP contribution in [0.15, 0.2) is 0 Å². The lowest BCUT2D eigenvalue weighted by Crippen LogP contribution is -2.51. The van der Waals surface area contributed by atoms with E-state index in [4.69, 9.17) is 4.74 Å². The predicted molar refractivity (Wildman–Crippen MR) is 65.9 cm³/mol. The van der Waals surface area contributed by atoms with E-state index in [0.717, 1.165) is 45.7 Å². The van der Waals surface area contributed by atoms with E-state index in [0.29, 0.717) is 13.2 Å². The molecule has 0 spiro atoms. The summed E-state index contributed by atoms with van der Waals surface area (Å²) in [5.74, 6) is 0.258. The molecule has 2 heterocycles. The van der Waals surface area contributed by atoms with Gasteiger partial charge in [0, 0.05) is 39.3 Å². The molecule has 2 rings (SSSR count). The van der Waals surface area contributed by atoms with E-state index in [-0.39, 0.29) is 12.0 Å². The number of hydrogen-bond donors (Lipinski definition) is 1. The molecule has 1 atom stereocenters. The Morgan fingerprint density at radius 2 is 2.12 bits per heavy atom. The van der Waals surface area contributed by atoms with Gasteiger partial charge in [-0.1, -0.05) is 6.92 Å². The maximum absolute atomic E-state index is 12.1. The first-order valence-electron chi connectivity index (χ1n) is 6.62. The number of carbonyl (C=O) groups excluding carboxylic acids is 1. The van der Waals surface area contributed by atoms with Gasteiger partial charge in [0.05, 0.1) is 19.3 Å². The van der Waals surface area contributed by atoms with E-state index in [1.165, 1.54) is 0 Å². The molecule has 0 aliphatic carbocycles. The van der Waals surface area contributed by atoms with Gasteiger partial charge in [0.25, 0.3) is 0 Å². The Hall–Kier alpha value is -0.650. The van der Waals surface area contributed by atoms with E-state index in [1.807, 2.05) is 4.90 Å². The zero-order chi connectivity index (χ0) is 12.1. The van der Waals surface area contributed by atoms with Crippen LogP contribution in [-0.2, 0) is 9.53 Å². The molecule has 5 nitrogen and oxygen atoms in total. The molecular weight excluding hydrogens is 218 g/mol. The minimum absolute atomic E-state index is 0.232. The molecule has 98 valence electrons. The first-order chi connectivity index (χ1) is 8.29. The van der Waals surface area contributed by atoms with Gasteiger partial charge in [-0.3, -0.25) is 9.69 Å². The molecule has 0 saturated carbocycles. The molecule has 0 aromatic rings. The Bertz CT molecular complexity index is 254. The smallest absolute Gasteiger partial charge is 0.236 e. The Balaban J connectivity index is 1.78. The number of rotatable bonds is 3. The van der Waals surface area contributed by atoms with Gasteiger partial charge in [-0.15, -0.1) is 0 Å². The molecule has 2 aliphatic rings. The van der Waals surface area contributed by atoms with Crippen molar-refractivity contribution in [1.29, 1.82) is 0 Å². The quantitative estimate of drug-likeness (QED) is 0.725. The molecule has 0 radical (unpaired) electrons.